The first-order valence-electron chi connectivity index (χ1n) is 9.80. The first-order chi connectivity index (χ1) is 15.7. The van der Waals surface area contributed by atoms with Crippen molar-refractivity contribution in [2.45, 2.75) is 6.04 Å². The Balaban J connectivity index is 1.52. The van der Waals surface area contributed by atoms with Gasteiger partial charge in [0, 0.05) is 30.2 Å². The number of carbonyl (C=O) groups is 1. The van der Waals surface area contributed by atoms with Gasteiger partial charge in [-0.3, -0.25) is 4.79 Å². The number of carbonyl (C=O) groups excluding carboxylic acids is 1. The number of benzene rings is 2. The van der Waals surface area contributed by atoms with Crippen molar-refractivity contribution in [3.8, 4) is 11.4 Å². The summed E-state index contributed by atoms with van der Waals surface area (Å²) < 4.78 is 23.5. The minimum atomic E-state index is -0.956. The fourth-order valence-electron chi connectivity index (χ4n) is 3.59. The number of aromatic nitrogens is 4. The maximum absolute atomic E-state index is 15.0. The lowest BCUT2D eigenvalue weighted by Gasteiger charge is -2.20. The minimum Gasteiger partial charge on any atom is -0.491 e. The van der Waals surface area contributed by atoms with E-state index in [2.05, 4.69) is 20.4 Å². The molecule has 3 heterocycles. The number of rotatable bonds is 5. The smallest absolute Gasteiger partial charge is 0.232 e. The Kier molecular flexibility index (Phi) is 4.91. The summed E-state index contributed by atoms with van der Waals surface area (Å²) in [6.45, 7) is 0. The summed E-state index contributed by atoms with van der Waals surface area (Å²) in [6.07, 6.45) is 4.90. The average Bonchev–Trinajstić information content (AvgIpc) is 3.52. The number of methoxy groups -OCH3 is 1. The maximum Gasteiger partial charge on any atom is 0.232 e. The van der Waals surface area contributed by atoms with Gasteiger partial charge in [0.05, 0.1) is 24.2 Å². The summed E-state index contributed by atoms with van der Waals surface area (Å²) in [5.41, 5.74) is 2.02. The molecule has 0 saturated carbocycles. The van der Waals surface area contributed by atoms with Crippen LogP contribution in [0, 0.1) is 5.82 Å². The SMILES string of the molecule is COC1=C(c2ccc(-n3cccn3)cc2F)N=NC(c2ccnn2-c2ccccc2)C1=O. The number of ether oxygens (including phenoxy) is 1. The number of hydrogen-bond acceptors (Lipinski definition) is 6. The monoisotopic (exact) mass is 428 g/mol. The highest BCUT2D eigenvalue weighted by Crippen LogP contribution is 2.35. The lowest BCUT2D eigenvalue weighted by molar-refractivity contribution is -0.120. The van der Waals surface area contributed by atoms with Crippen molar-refractivity contribution in [2.75, 3.05) is 7.11 Å². The molecule has 0 N–H and O–H groups in total. The Morgan fingerprint density at radius 3 is 2.53 bits per heavy atom. The van der Waals surface area contributed by atoms with Crippen molar-refractivity contribution in [1.29, 1.82) is 0 Å². The molecule has 4 aromatic rings. The Hall–Kier alpha value is -4.40. The molecule has 1 atom stereocenters. The second-order valence-corrected chi connectivity index (χ2v) is 6.98. The van der Waals surface area contributed by atoms with Gasteiger partial charge in [0.25, 0.3) is 0 Å². The highest BCUT2D eigenvalue weighted by Gasteiger charge is 2.35. The van der Waals surface area contributed by atoms with Crippen molar-refractivity contribution in [3.63, 3.8) is 0 Å². The molecule has 2 aromatic heterocycles. The van der Waals surface area contributed by atoms with E-state index in [0.717, 1.165) is 5.69 Å². The summed E-state index contributed by atoms with van der Waals surface area (Å²) in [5, 5.41) is 16.8. The predicted octanol–water partition coefficient (Wildman–Crippen LogP) is 4.29. The Bertz CT molecular complexity index is 1340. The van der Waals surface area contributed by atoms with Gasteiger partial charge in [0.1, 0.15) is 11.5 Å². The largest absolute Gasteiger partial charge is 0.491 e. The quantitative estimate of drug-likeness (QED) is 0.475. The summed E-state index contributed by atoms with van der Waals surface area (Å²) in [5.74, 6) is -1.05. The third-order valence-electron chi connectivity index (χ3n) is 5.09. The normalized spacial score (nSPS) is 15.9. The zero-order valence-electron chi connectivity index (χ0n) is 17.0. The van der Waals surface area contributed by atoms with Gasteiger partial charge in [-0.05, 0) is 36.4 Å². The van der Waals surface area contributed by atoms with Crippen molar-refractivity contribution in [2.24, 2.45) is 10.2 Å². The van der Waals surface area contributed by atoms with Crippen LogP contribution in [0.15, 0.2) is 95.2 Å². The van der Waals surface area contributed by atoms with Crippen LogP contribution in [0.1, 0.15) is 17.3 Å². The van der Waals surface area contributed by atoms with Gasteiger partial charge in [-0.25, -0.2) is 13.8 Å². The minimum absolute atomic E-state index is 0.0454. The fourth-order valence-corrected chi connectivity index (χ4v) is 3.59. The molecule has 0 saturated heterocycles. The second-order valence-electron chi connectivity index (χ2n) is 6.98. The van der Waals surface area contributed by atoms with E-state index in [-0.39, 0.29) is 17.0 Å². The average molecular weight is 428 g/mol. The van der Waals surface area contributed by atoms with Crippen LogP contribution in [0.4, 0.5) is 4.39 Å². The molecule has 1 unspecified atom stereocenters. The summed E-state index contributed by atoms with van der Waals surface area (Å²) in [6, 6.07) is 16.4. The van der Waals surface area contributed by atoms with Gasteiger partial charge >= 0.3 is 0 Å². The molecule has 32 heavy (non-hydrogen) atoms. The zero-order chi connectivity index (χ0) is 22.1. The molecule has 9 heteroatoms. The molecule has 0 fully saturated rings. The van der Waals surface area contributed by atoms with Crippen molar-refractivity contribution in [1.82, 2.24) is 19.6 Å². The van der Waals surface area contributed by atoms with Crippen LogP contribution >= 0.6 is 0 Å². The number of Topliss-reactive ketones (excluding diaryl/α,β-unsaturated/α-hetero) is 1. The number of ketones is 1. The summed E-state index contributed by atoms with van der Waals surface area (Å²) in [4.78, 5) is 13.3. The Morgan fingerprint density at radius 2 is 1.81 bits per heavy atom. The van der Waals surface area contributed by atoms with Crippen molar-refractivity contribution < 1.29 is 13.9 Å². The molecule has 2 aromatic carbocycles. The second kappa shape index (κ2) is 8.03. The van der Waals surface area contributed by atoms with Gasteiger partial charge < -0.3 is 4.74 Å². The molecule has 0 spiro atoms. The summed E-state index contributed by atoms with van der Waals surface area (Å²) >= 11 is 0. The third kappa shape index (κ3) is 3.29. The molecule has 158 valence electrons. The molecule has 8 nitrogen and oxygen atoms in total. The number of hydrogen-bond donors (Lipinski definition) is 0. The van der Waals surface area contributed by atoms with Crippen LogP contribution in [0.5, 0.6) is 0 Å². The lowest BCUT2D eigenvalue weighted by atomic mass is 10.0. The van der Waals surface area contributed by atoms with E-state index in [9.17, 15) is 9.18 Å². The highest BCUT2D eigenvalue weighted by molar-refractivity contribution is 6.05. The molecule has 0 radical (unpaired) electrons. The van der Waals surface area contributed by atoms with E-state index < -0.39 is 17.6 Å². The van der Waals surface area contributed by atoms with Crippen LogP contribution in [-0.4, -0.2) is 32.5 Å². The van der Waals surface area contributed by atoms with E-state index in [1.807, 2.05) is 30.3 Å². The van der Waals surface area contributed by atoms with Crippen LogP contribution in [0.3, 0.4) is 0 Å². The molecule has 5 rings (SSSR count). The number of halogens is 1. The van der Waals surface area contributed by atoms with Crippen molar-refractivity contribution in [3.05, 3.63) is 102 Å². The molecule has 0 amide bonds. The molecule has 0 bridgehead atoms. The number of azo groups is 1. The van der Waals surface area contributed by atoms with Gasteiger partial charge in [0.15, 0.2) is 11.8 Å². The van der Waals surface area contributed by atoms with Crippen LogP contribution in [-0.2, 0) is 9.53 Å². The lowest BCUT2D eigenvalue weighted by Crippen LogP contribution is -2.21. The van der Waals surface area contributed by atoms with Crippen LogP contribution in [0.25, 0.3) is 17.1 Å². The van der Waals surface area contributed by atoms with Crippen LogP contribution in [0.2, 0.25) is 0 Å². The van der Waals surface area contributed by atoms with E-state index in [0.29, 0.717) is 11.4 Å². The first-order valence-corrected chi connectivity index (χ1v) is 9.80. The van der Waals surface area contributed by atoms with Crippen LogP contribution < -0.4 is 0 Å². The maximum atomic E-state index is 15.0. The van der Waals surface area contributed by atoms with E-state index >= 15 is 0 Å². The highest BCUT2D eigenvalue weighted by atomic mass is 19.1. The van der Waals surface area contributed by atoms with Gasteiger partial charge in [-0.1, -0.05) is 18.2 Å². The Labute approximate surface area is 182 Å². The standard InChI is InChI=1S/C23H17FN6O2/c1-32-23-20(17-9-8-16(14-18(17)24)29-13-5-11-25-29)27-28-21(22(23)31)19-10-12-26-30(19)15-6-3-2-4-7-15/h2-14,21H,1H3. The summed E-state index contributed by atoms with van der Waals surface area (Å²) in [7, 11) is 1.36. The van der Waals surface area contributed by atoms with Gasteiger partial charge in [-0.2, -0.15) is 20.4 Å². The first kappa shape index (κ1) is 19.6. The number of para-hydroxylation sites is 1. The van der Waals surface area contributed by atoms with E-state index in [1.54, 1.807) is 41.5 Å². The van der Waals surface area contributed by atoms with Gasteiger partial charge in [0.2, 0.25) is 5.78 Å². The number of nitrogens with zero attached hydrogens (tertiary/aromatic N) is 6. The zero-order valence-corrected chi connectivity index (χ0v) is 17.0. The van der Waals surface area contributed by atoms with E-state index in [1.165, 1.54) is 23.9 Å². The topological polar surface area (TPSA) is 86.7 Å². The molecular formula is C23H17FN6O2. The van der Waals surface area contributed by atoms with Crippen molar-refractivity contribution >= 4 is 11.5 Å². The molecular weight excluding hydrogens is 411 g/mol. The van der Waals surface area contributed by atoms with E-state index in [4.69, 9.17) is 4.74 Å². The fraction of sp³-hybridized carbons (Fsp3) is 0.0870. The van der Waals surface area contributed by atoms with Gasteiger partial charge in [-0.15, -0.1) is 0 Å². The third-order valence-corrected chi connectivity index (χ3v) is 5.09. The molecule has 0 aliphatic carbocycles. The predicted molar refractivity (Wildman–Crippen MR) is 114 cm³/mol. The molecule has 1 aliphatic heterocycles. The Morgan fingerprint density at radius 1 is 0.969 bits per heavy atom. The molecule has 1 aliphatic rings.